The van der Waals surface area contributed by atoms with Crippen LogP contribution in [0.4, 0.5) is 5.69 Å². The first-order chi connectivity index (χ1) is 16.0. The third-order valence-corrected chi connectivity index (χ3v) is 7.09. The normalized spacial score (nSPS) is 16.6. The van der Waals surface area contributed by atoms with Gasteiger partial charge in [-0.25, -0.2) is 0 Å². The number of likely N-dealkylation sites (tertiary alicyclic amines) is 1. The summed E-state index contributed by atoms with van der Waals surface area (Å²) in [5.74, 6) is 0.0149. The van der Waals surface area contributed by atoms with Crippen LogP contribution in [0, 0.1) is 13.8 Å². The van der Waals surface area contributed by atoms with Gasteiger partial charge in [0.25, 0.3) is 5.91 Å². The highest BCUT2D eigenvalue weighted by Crippen LogP contribution is 2.25. The maximum absolute atomic E-state index is 13.2. The van der Waals surface area contributed by atoms with E-state index in [-0.39, 0.29) is 18.4 Å². The highest BCUT2D eigenvalue weighted by Gasteiger charge is 2.27. The number of hydrogen-bond acceptors (Lipinski definition) is 4. The first-order valence-electron chi connectivity index (χ1n) is 11.9. The molecule has 0 aliphatic carbocycles. The molecule has 0 saturated carbocycles. The molecule has 3 heterocycles. The van der Waals surface area contributed by atoms with Gasteiger partial charge in [-0.2, -0.15) is 5.10 Å². The van der Waals surface area contributed by atoms with Crippen molar-refractivity contribution in [2.24, 2.45) is 0 Å². The van der Waals surface area contributed by atoms with Gasteiger partial charge in [0.05, 0.1) is 5.52 Å². The van der Waals surface area contributed by atoms with E-state index in [0.29, 0.717) is 18.8 Å². The van der Waals surface area contributed by atoms with Crippen LogP contribution in [-0.2, 0) is 11.3 Å². The molecular weight excluding hydrogens is 414 g/mol. The molecule has 1 aromatic heterocycles. The monoisotopic (exact) mass is 445 g/mol. The number of benzene rings is 2. The number of piperazine rings is 1. The van der Waals surface area contributed by atoms with Crippen LogP contribution in [0.2, 0.25) is 0 Å². The first kappa shape index (κ1) is 21.5. The third kappa shape index (κ3) is 4.08. The van der Waals surface area contributed by atoms with E-state index in [0.717, 1.165) is 49.9 Å². The van der Waals surface area contributed by atoms with Crippen LogP contribution in [0.1, 0.15) is 34.5 Å². The van der Waals surface area contributed by atoms with E-state index < -0.39 is 0 Å². The van der Waals surface area contributed by atoms with Crippen molar-refractivity contribution in [3.8, 4) is 0 Å². The Hall–Kier alpha value is -3.35. The molecule has 172 valence electrons. The van der Waals surface area contributed by atoms with E-state index in [1.165, 1.54) is 16.8 Å². The second kappa shape index (κ2) is 8.89. The fraction of sp³-hybridized carbons (Fsp3) is 0.423. The van der Waals surface area contributed by atoms with Gasteiger partial charge in [0, 0.05) is 50.3 Å². The molecular formula is C26H31N5O2. The van der Waals surface area contributed by atoms with E-state index >= 15 is 0 Å². The topological polar surface area (TPSA) is 61.7 Å². The summed E-state index contributed by atoms with van der Waals surface area (Å²) < 4.78 is 1.71. The summed E-state index contributed by atoms with van der Waals surface area (Å²) in [6.07, 6.45) is 2.08. The Balaban J connectivity index is 1.30. The van der Waals surface area contributed by atoms with Crippen molar-refractivity contribution < 1.29 is 9.59 Å². The average molecular weight is 446 g/mol. The molecule has 0 atom stereocenters. The molecule has 7 heteroatoms. The Kier molecular flexibility index (Phi) is 5.79. The Morgan fingerprint density at radius 1 is 0.848 bits per heavy atom. The molecule has 0 N–H and O–H groups in total. The minimum Gasteiger partial charge on any atom is -0.368 e. The van der Waals surface area contributed by atoms with Crippen molar-refractivity contribution in [1.82, 2.24) is 19.6 Å². The van der Waals surface area contributed by atoms with Gasteiger partial charge in [0.2, 0.25) is 5.91 Å². The summed E-state index contributed by atoms with van der Waals surface area (Å²) in [7, 11) is 0. The smallest absolute Gasteiger partial charge is 0.275 e. The zero-order valence-electron chi connectivity index (χ0n) is 19.5. The van der Waals surface area contributed by atoms with Crippen LogP contribution in [0.3, 0.4) is 0 Å². The summed E-state index contributed by atoms with van der Waals surface area (Å²) in [6.45, 7) is 9.01. The first-order valence-corrected chi connectivity index (χ1v) is 11.9. The van der Waals surface area contributed by atoms with Crippen molar-refractivity contribution in [3.63, 3.8) is 0 Å². The van der Waals surface area contributed by atoms with Crippen LogP contribution in [0.15, 0.2) is 42.5 Å². The summed E-state index contributed by atoms with van der Waals surface area (Å²) in [5.41, 5.74) is 5.14. The maximum atomic E-state index is 13.2. The molecule has 2 aromatic carbocycles. The van der Waals surface area contributed by atoms with Crippen LogP contribution < -0.4 is 4.90 Å². The number of carbonyl (C=O) groups excluding carboxylic acids is 2. The van der Waals surface area contributed by atoms with Gasteiger partial charge in [-0.3, -0.25) is 14.3 Å². The quantitative estimate of drug-likeness (QED) is 0.619. The van der Waals surface area contributed by atoms with Gasteiger partial charge in [-0.05, 0) is 49.9 Å². The Bertz CT molecular complexity index is 1190. The molecule has 2 saturated heterocycles. The standard InChI is InChI=1S/C26H31N5O2/c1-19-8-7-11-22(20(19)2)28-14-16-29(17-15-28)24(32)18-31-23-10-4-3-9-21(23)25(27-31)26(33)30-12-5-6-13-30/h3-4,7-11H,5-6,12-18H2,1-2H3. The average Bonchev–Trinajstić information content (AvgIpc) is 3.50. The van der Waals surface area contributed by atoms with Crippen molar-refractivity contribution in [1.29, 1.82) is 0 Å². The number of anilines is 1. The lowest BCUT2D eigenvalue weighted by molar-refractivity contribution is -0.132. The van der Waals surface area contributed by atoms with E-state index in [1.807, 2.05) is 34.1 Å². The molecule has 33 heavy (non-hydrogen) atoms. The summed E-state index contributed by atoms with van der Waals surface area (Å²) in [6, 6.07) is 14.1. The van der Waals surface area contributed by atoms with Crippen LogP contribution in [-0.4, -0.2) is 70.7 Å². The van der Waals surface area contributed by atoms with Gasteiger partial charge >= 0.3 is 0 Å². The maximum Gasteiger partial charge on any atom is 0.275 e. The second-order valence-electron chi connectivity index (χ2n) is 9.11. The predicted octanol–water partition coefficient (Wildman–Crippen LogP) is 3.24. The number of aryl methyl sites for hydroxylation is 1. The van der Waals surface area contributed by atoms with Crippen molar-refractivity contribution in [2.75, 3.05) is 44.2 Å². The molecule has 0 bridgehead atoms. The zero-order chi connectivity index (χ0) is 22.9. The Labute approximate surface area is 194 Å². The van der Waals surface area contributed by atoms with Crippen LogP contribution in [0.25, 0.3) is 10.9 Å². The number of aromatic nitrogens is 2. The molecule has 7 nitrogen and oxygen atoms in total. The minimum absolute atomic E-state index is 0.0305. The highest BCUT2D eigenvalue weighted by atomic mass is 16.2. The molecule has 0 unspecified atom stereocenters. The van der Waals surface area contributed by atoms with Crippen molar-refractivity contribution in [3.05, 3.63) is 59.3 Å². The summed E-state index contributed by atoms with van der Waals surface area (Å²) >= 11 is 0. The van der Waals surface area contributed by atoms with Crippen LogP contribution >= 0.6 is 0 Å². The molecule has 2 aliphatic rings. The number of carbonyl (C=O) groups is 2. The number of amides is 2. The number of para-hydroxylation sites is 1. The third-order valence-electron chi connectivity index (χ3n) is 7.09. The zero-order valence-corrected chi connectivity index (χ0v) is 19.5. The lowest BCUT2D eigenvalue weighted by atomic mass is 10.1. The lowest BCUT2D eigenvalue weighted by Crippen LogP contribution is -2.49. The number of nitrogens with zero attached hydrogens (tertiary/aromatic N) is 5. The van der Waals surface area contributed by atoms with E-state index in [9.17, 15) is 9.59 Å². The van der Waals surface area contributed by atoms with Crippen molar-refractivity contribution in [2.45, 2.75) is 33.2 Å². The van der Waals surface area contributed by atoms with Gasteiger partial charge in [0.1, 0.15) is 6.54 Å². The SMILES string of the molecule is Cc1cccc(N2CCN(C(=O)Cn3nc(C(=O)N4CCCC4)c4ccccc43)CC2)c1C. The Morgan fingerprint density at radius 2 is 1.58 bits per heavy atom. The molecule has 2 amide bonds. The van der Waals surface area contributed by atoms with Crippen LogP contribution in [0.5, 0.6) is 0 Å². The molecule has 2 aliphatic heterocycles. The van der Waals surface area contributed by atoms with Gasteiger partial charge in [-0.15, -0.1) is 0 Å². The highest BCUT2D eigenvalue weighted by molar-refractivity contribution is 6.05. The van der Waals surface area contributed by atoms with E-state index in [2.05, 4.69) is 42.0 Å². The van der Waals surface area contributed by atoms with Gasteiger partial charge in [0.15, 0.2) is 5.69 Å². The second-order valence-corrected chi connectivity index (χ2v) is 9.11. The molecule has 3 aromatic rings. The van der Waals surface area contributed by atoms with Gasteiger partial charge < -0.3 is 14.7 Å². The molecule has 0 radical (unpaired) electrons. The minimum atomic E-state index is -0.0305. The summed E-state index contributed by atoms with van der Waals surface area (Å²) in [5, 5.41) is 5.44. The van der Waals surface area contributed by atoms with Crippen molar-refractivity contribution >= 4 is 28.4 Å². The predicted molar refractivity (Wildman–Crippen MR) is 130 cm³/mol. The fourth-order valence-corrected chi connectivity index (χ4v) is 4.98. The number of fused-ring (bicyclic) bond motifs is 1. The fourth-order valence-electron chi connectivity index (χ4n) is 4.98. The van der Waals surface area contributed by atoms with Gasteiger partial charge in [-0.1, -0.05) is 30.3 Å². The summed E-state index contributed by atoms with van der Waals surface area (Å²) in [4.78, 5) is 32.3. The number of rotatable bonds is 4. The molecule has 0 spiro atoms. The van der Waals surface area contributed by atoms with E-state index in [4.69, 9.17) is 0 Å². The molecule has 2 fully saturated rings. The number of hydrogen-bond donors (Lipinski definition) is 0. The Morgan fingerprint density at radius 3 is 2.33 bits per heavy atom. The largest absolute Gasteiger partial charge is 0.368 e. The van der Waals surface area contributed by atoms with E-state index in [1.54, 1.807) is 4.68 Å². The lowest BCUT2D eigenvalue weighted by Gasteiger charge is -2.37. The molecule has 5 rings (SSSR count).